The molecule has 4 atom stereocenters. The van der Waals surface area contributed by atoms with Gasteiger partial charge in [0.25, 0.3) is 5.84 Å². The first-order valence-corrected chi connectivity index (χ1v) is 9.63. The lowest BCUT2D eigenvalue weighted by molar-refractivity contribution is -0.680. The van der Waals surface area contributed by atoms with Crippen molar-refractivity contribution in [2.24, 2.45) is 22.0 Å². The Bertz CT molecular complexity index is 908. The molecule has 1 aromatic carbocycles. The number of nitrogens with zero attached hydrogens (tertiary/aromatic N) is 2. The molecule has 1 aromatic rings. The molecule has 2 saturated carbocycles. The molecule has 0 amide bonds. The van der Waals surface area contributed by atoms with Gasteiger partial charge in [-0.25, -0.2) is 4.99 Å². The molecule has 2 aliphatic heterocycles. The van der Waals surface area contributed by atoms with Gasteiger partial charge in [-0.15, -0.1) is 0 Å². The third-order valence-corrected chi connectivity index (χ3v) is 7.47. The van der Waals surface area contributed by atoms with E-state index in [0.29, 0.717) is 18.4 Å². The van der Waals surface area contributed by atoms with Crippen molar-refractivity contribution < 1.29 is 14.5 Å². The van der Waals surface area contributed by atoms with Gasteiger partial charge in [-0.05, 0) is 44.1 Å². The summed E-state index contributed by atoms with van der Waals surface area (Å²) in [5.41, 5.74) is 5.00. The van der Waals surface area contributed by atoms with E-state index in [2.05, 4.69) is 41.4 Å². The molecule has 6 heteroatoms. The quantitative estimate of drug-likeness (QED) is 0.771. The highest BCUT2D eigenvalue weighted by Gasteiger charge is 3.03. The van der Waals surface area contributed by atoms with E-state index >= 15 is 0 Å². The number of fused-ring (bicyclic) bond motifs is 4. The Balaban J connectivity index is 1.54. The number of nitriles is 2. The number of hydrogen-bond donors (Lipinski definition) is 2. The van der Waals surface area contributed by atoms with Gasteiger partial charge in [-0.3, -0.25) is 5.73 Å². The minimum atomic E-state index is -1.30. The average molecular weight is 363 g/mol. The van der Waals surface area contributed by atoms with Crippen LogP contribution in [-0.2, 0) is 9.47 Å². The zero-order valence-electron chi connectivity index (χ0n) is 15.4. The third kappa shape index (κ3) is 1.57. The van der Waals surface area contributed by atoms with Gasteiger partial charge in [0.1, 0.15) is 0 Å². The van der Waals surface area contributed by atoms with Crippen molar-refractivity contribution in [2.75, 3.05) is 6.61 Å². The summed E-state index contributed by atoms with van der Waals surface area (Å²) in [6.45, 7) is 2.29. The predicted octanol–water partition coefficient (Wildman–Crippen LogP) is 0.905. The molecule has 5 rings (SSSR count). The molecule has 0 unspecified atom stereocenters. The van der Waals surface area contributed by atoms with Crippen LogP contribution in [0.3, 0.4) is 0 Å². The fraction of sp³-hybridized carbons (Fsp3) is 0.571. The Morgan fingerprint density at radius 1 is 1.15 bits per heavy atom. The molecule has 2 spiro atoms. The largest absolute Gasteiger partial charge is 0.343 e. The van der Waals surface area contributed by atoms with Crippen LogP contribution in [0.5, 0.6) is 0 Å². The molecule has 27 heavy (non-hydrogen) atoms. The molecule has 2 heterocycles. The summed E-state index contributed by atoms with van der Waals surface area (Å²) in [4.78, 5) is 3.06. The van der Waals surface area contributed by atoms with Crippen LogP contribution in [0.1, 0.15) is 44.1 Å². The van der Waals surface area contributed by atoms with E-state index in [4.69, 9.17) is 15.2 Å². The first kappa shape index (κ1) is 16.7. The zero-order valence-corrected chi connectivity index (χ0v) is 15.4. The molecule has 3 fully saturated rings. The van der Waals surface area contributed by atoms with E-state index in [1.807, 2.05) is 13.0 Å². The summed E-state index contributed by atoms with van der Waals surface area (Å²) in [6.07, 6.45) is 3.23. The van der Waals surface area contributed by atoms with E-state index in [9.17, 15) is 10.5 Å². The van der Waals surface area contributed by atoms with Crippen molar-refractivity contribution in [3.8, 4) is 12.1 Å². The molecule has 138 valence electrons. The SMILES string of the molecule is C[C@H]1CO[C@]2([NH+]=C(N)[C@@]3(C#N)C4(CCC(c5ccccc5)CC4)[C@@]23C#N)O1. The van der Waals surface area contributed by atoms with E-state index in [1.54, 1.807) is 0 Å². The Labute approximate surface area is 158 Å². The van der Waals surface area contributed by atoms with E-state index in [-0.39, 0.29) is 6.10 Å². The Morgan fingerprint density at radius 3 is 2.41 bits per heavy atom. The molecular formula is C21H23N4O2+. The highest BCUT2D eigenvalue weighted by molar-refractivity contribution is 5.95. The normalized spacial score (nSPS) is 47.3. The van der Waals surface area contributed by atoms with Gasteiger partial charge in [0.05, 0.1) is 24.8 Å². The molecule has 3 N–H and O–H groups in total. The van der Waals surface area contributed by atoms with Crippen LogP contribution in [0.4, 0.5) is 0 Å². The van der Waals surface area contributed by atoms with Crippen LogP contribution in [0.15, 0.2) is 30.3 Å². The van der Waals surface area contributed by atoms with Crippen LogP contribution < -0.4 is 10.7 Å². The van der Waals surface area contributed by atoms with Crippen molar-refractivity contribution in [2.45, 2.75) is 50.5 Å². The van der Waals surface area contributed by atoms with Crippen molar-refractivity contribution in [1.82, 2.24) is 0 Å². The first-order valence-electron chi connectivity index (χ1n) is 9.63. The van der Waals surface area contributed by atoms with Gasteiger partial charge in [-0.1, -0.05) is 30.3 Å². The molecule has 0 radical (unpaired) electrons. The zero-order chi connectivity index (χ0) is 18.9. The van der Waals surface area contributed by atoms with E-state index in [1.165, 1.54) is 5.56 Å². The number of hydrogen-bond acceptors (Lipinski definition) is 5. The Kier molecular flexibility index (Phi) is 3.16. The second kappa shape index (κ2) is 5.10. The van der Waals surface area contributed by atoms with Crippen LogP contribution in [0.25, 0.3) is 0 Å². The fourth-order valence-electron chi connectivity index (χ4n) is 6.36. The maximum atomic E-state index is 10.3. The first-order chi connectivity index (χ1) is 13.0. The van der Waals surface area contributed by atoms with E-state index in [0.717, 1.165) is 25.7 Å². The lowest BCUT2D eigenvalue weighted by Gasteiger charge is -2.35. The fourth-order valence-corrected chi connectivity index (χ4v) is 6.36. The van der Waals surface area contributed by atoms with Crippen LogP contribution in [-0.4, -0.2) is 24.5 Å². The topological polar surface area (TPSA) is 106 Å². The number of ether oxygens (including phenoxy) is 2. The maximum Gasteiger partial charge on any atom is 0.343 e. The number of amidine groups is 1. The van der Waals surface area contributed by atoms with Crippen molar-refractivity contribution in [3.63, 3.8) is 0 Å². The number of benzene rings is 1. The van der Waals surface area contributed by atoms with Gasteiger partial charge < -0.3 is 9.47 Å². The van der Waals surface area contributed by atoms with Crippen molar-refractivity contribution in [3.05, 3.63) is 35.9 Å². The molecule has 2 aliphatic carbocycles. The second-order valence-electron chi connectivity index (χ2n) is 8.39. The van der Waals surface area contributed by atoms with Gasteiger partial charge in [0.2, 0.25) is 0 Å². The number of rotatable bonds is 1. The highest BCUT2D eigenvalue weighted by atomic mass is 16.8. The lowest BCUT2D eigenvalue weighted by Crippen LogP contribution is -2.90. The molecule has 6 nitrogen and oxygen atoms in total. The third-order valence-electron chi connectivity index (χ3n) is 7.47. The van der Waals surface area contributed by atoms with Gasteiger partial charge in [0, 0.05) is 5.41 Å². The average Bonchev–Trinajstić information content (AvgIpc) is 2.87. The minimum absolute atomic E-state index is 0.150. The summed E-state index contributed by atoms with van der Waals surface area (Å²) in [7, 11) is 0. The molecule has 0 aromatic heterocycles. The summed E-state index contributed by atoms with van der Waals surface area (Å²) >= 11 is 0. The van der Waals surface area contributed by atoms with Gasteiger partial charge in [-0.2, -0.15) is 10.5 Å². The smallest absolute Gasteiger partial charge is 0.311 e. The maximum absolute atomic E-state index is 10.3. The minimum Gasteiger partial charge on any atom is -0.311 e. The predicted molar refractivity (Wildman–Crippen MR) is 95.6 cm³/mol. The second-order valence-corrected chi connectivity index (χ2v) is 8.39. The van der Waals surface area contributed by atoms with E-state index < -0.39 is 22.2 Å². The summed E-state index contributed by atoms with van der Waals surface area (Å²) < 4.78 is 12.1. The van der Waals surface area contributed by atoms with Crippen LogP contribution in [0, 0.1) is 38.9 Å². The monoisotopic (exact) mass is 363 g/mol. The molecule has 4 aliphatic rings. The summed E-state index contributed by atoms with van der Waals surface area (Å²) in [6, 6.07) is 15.4. The molecule has 1 saturated heterocycles. The number of nitrogens with two attached hydrogens (primary N) is 1. The standard InChI is InChI=1S/C21H22N4O2/c1-14-11-26-21(27-14)20(13-23)18(19(20,12-22)17(24)25-21)9-7-16(8-10-18)15-5-3-2-4-6-15/h2-6,14,16H,7-11H2,1H3,(H2,24,25)/p+1/t14-,16?,18?,19-,20+,21-/m0/s1. The Morgan fingerprint density at radius 2 is 1.85 bits per heavy atom. The van der Waals surface area contributed by atoms with Crippen LogP contribution in [0.2, 0.25) is 0 Å². The summed E-state index contributed by atoms with van der Waals surface area (Å²) in [5, 5.41) is 20.5. The lowest BCUT2D eigenvalue weighted by atomic mass is 9.71. The molecular weight excluding hydrogens is 340 g/mol. The highest BCUT2D eigenvalue weighted by Crippen LogP contribution is 2.87. The Hall–Kier alpha value is -2.41. The van der Waals surface area contributed by atoms with Crippen LogP contribution >= 0.6 is 0 Å². The van der Waals surface area contributed by atoms with Crippen molar-refractivity contribution >= 4 is 5.84 Å². The molecule has 0 bridgehead atoms. The number of nitrogens with one attached hydrogen (secondary N) is 1. The van der Waals surface area contributed by atoms with Gasteiger partial charge in [0.15, 0.2) is 10.8 Å². The van der Waals surface area contributed by atoms with Crippen molar-refractivity contribution in [1.29, 1.82) is 10.5 Å². The summed E-state index contributed by atoms with van der Waals surface area (Å²) in [5.74, 6) is -0.529. The van der Waals surface area contributed by atoms with Gasteiger partial charge >= 0.3 is 5.91 Å².